The van der Waals surface area contributed by atoms with Gasteiger partial charge in [-0.1, -0.05) is 26.0 Å². The van der Waals surface area contributed by atoms with Gasteiger partial charge in [0.2, 0.25) is 0 Å². The van der Waals surface area contributed by atoms with Crippen LogP contribution in [-0.4, -0.2) is 33.4 Å². The minimum absolute atomic E-state index is 0.0898. The van der Waals surface area contributed by atoms with Crippen LogP contribution in [0.4, 0.5) is 0 Å². The highest BCUT2D eigenvalue weighted by Gasteiger charge is 2.42. The Balaban J connectivity index is 2.33. The number of hydrogen-bond acceptors (Lipinski definition) is 3. The summed E-state index contributed by atoms with van der Waals surface area (Å²) < 4.78 is 11.0. The third-order valence-electron chi connectivity index (χ3n) is 3.71. The number of hydrogen-bond donors (Lipinski definition) is 1. The summed E-state index contributed by atoms with van der Waals surface area (Å²) in [7, 11) is 1.74. The molecule has 1 aliphatic rings. The molecule has 1 aromatic carbocycles. The predicted molar refractivity (Wildman–Crippen MR) is 73.4 cm³/mol. The fraction of sp³-hybridized carbons (Fsp3) is 0.600. The van der Waals surface area contributed by atoms with E-state index in [1.807, 2.05) is 0 Å². The van der Waals surface area contributed by atoms with Crippen molar-refractivity contribution in [3.8, 4) is 5.75 Å². The smallest absolute Gasteiger partial charge is 0.122 e. The Morgan fingerprint density at radius 3 is 2.61 bits per heavy atom. The molecule has 0 spiro atoms. The fourth-order valence-corrected chi connectivity index (χ4v) is 2.46. The average molecular weight is 249 g/mol. The van der Waals surface area contributed by atoms with Gasteiger partial charge in [-0.05, 0) is 24.6 Å². The Morgan fingerprint density at radius 1 is 1.33 bits per heavy atom. The quantitative estimate of drug-likeness (QED) is 0.838. The highest BCUT2D eigenvalue weighted by molar-refractivity contribution is 5.44. The van der Waals surface area contributed by atoms with Crippen molar-refractivity contribution in [1.29, 1.82) is 0 Å². The van der Waals surface area contributed by atoms with Crippen LogP contribution in [0.15, 0.2) is 18.2 Å². The molecule has 3 heteroatoms. The van der Waals surface area contributed by atoms with E-state index in [9.17, 15) is 0 Å². The minimum atomic E-state index is 0.0898. The summed E-state index contributed by atoms with van der Waals surface area (Å²) in [5, 5.41) is 3.44. The molecule has 0 aromatic heterocycles. The third-order valence-corrected chi connectivity index (χ3v) is 3.71. The van der Waals surface area contributed by atoms with E-state index in [-0.39, 0.29) is 5.41 Å². The van der Waals surface area contributed by atoms with Gasteiger partial charge in [-0.2, -0.15) is 0 Å². The zero-order valence-electron chi connectivity index (χ0n) is 11.6. The van der Waals surface area contributed by atoms with Gasteiger partial charge in [0.15, 0.2) is 0 Å². The largest absolute Gasteiger partial charge is 0.496 e. The third kappa shape index (κ3) is 2.38. The normalized spacial score (nSPS) is 17.3. The fourth-order valence-electron chi connectivity index (χ4n) is 2.46. The van der Waals surface area contributed by atoms with Crippen molar-refractivity contribution >= 4 is 0 Å². The summed E-state index contributed by atoms with van der Waals surface area (Å²) in [5.74, 6) is 0.980. The first kappa shape index (κ1) is 13.4. The number of aryl methyl sites for hydroxylation is 1. The summed E-state index contributed by atoms with van der Waals surface area (Å²) in [6.07, 6.45) is 1.05. The standard InChI is InChI=1S/C15H23NO2/c1-4-12-6-7-14(17-3)13(8-12)15(9-16-5-2)10-18-11-15/h6-8,16H,4-5,9-11H2,1-3H3. The van der Waals surface area contributed by atoms with E-state index < -0.39 is 0 Å². The van der Waals surface area contributed by atoms with Crippen LogP contribution in [0.25, 0.3) is 0 Å². The molecule has 3 nitrogen and oxygen atoms in total. The van der Waals surface area contributed by atoms with Gasteiger partial charge >= 0.3 is 0 Å². The van der Waals surface area contributed by atoms with Gasteiger partial charge in [0.05, 0.1) is 25.7 Å². The summed E-state index contributed by atoms with van der Waals surface area (Å²) in [5.41, 5.74) is 2.73. The van der Waals surface area contributed by atoms with Gasteiger partial charge in [-0.25, -0.2) is 0 Å². The lowest BCUT2D eigenvalue weighted by atomic mass is 9.77. The van der Waals surface area contributed by atoms with Crippen molar-refractivity contribution in [2.75, 3.05) is 33.4 Å². The molecule has 1 aromatic rings. The summed E-state index contributed by atoms with van der Waals surface area (Å²) >= 11 is 0. The SMILES string of the molecule is CCNCC1(c2cc(CC)ccc2OC)COC1. The maximum absolute atomic E-state index is 5.52. The maximum Gasteiger partial charge on any atom is 0.122 e. The summed E-state index contributed by atoms with van der Waals surface area (Å²) in [6, 6.07) is 6.50. The van der Waals surface area contributed by atoms with Crippen LogP contribution in [0.5, 0.6) is 5.75 Å². The first-order valence-corrected chi connectivity index (χ1v) is 6.71. The van der Waals surface area contributed by atoms with E-state index in [1.54, 1.807) is 7.11 Å². The minimum Gasteiger partial charge on any atom is -0.496 e. The summed E-state index contributed by atoms with van der Waals surface area (Å²) in [6.45, 7) is 7.81. The van der Waals surface area contributed by atoms with Crippen molar-refractivity contribution in [2.24, 2.45) is 0 Å². The molecule has 1 heterocycles. The van der Waals surface area contributed by atoms with Crippen molar-refractivity contribution in [2.45, 2.75) is 25.7 Å². The first-order valence-electron chi connectivity index (χ1n) is 6.71. The molecule has 1 N–H and O–H groups in total. The molecular weight excluding hydrogens is 226 g/mol. The number of ether oxygens (including phenoxy) is 2. The van der Waals surface area contributed by atoms with Crippen molar-refractivity contribution in [1.82, 2.24) is 5.32 Å². The van der Waals surface area contributed by atoms with Gasteiger partial charge in [-0.3, -0.25) is 0 Å². The molecule has 0 unspecified atom stereocenters. The second kappa shape index (κ2) is 5.72. The highest BCUT2D eigenvalue weighted by atomic mass is 16.5. The molecule has 18 heavy (non-hydrogen) atoms. The van der Waals surface area contributed by atoms with Gasteiger partial charge in [0.25, 0.3) is 0 Å². The van der Waals surface area contributed by atoms with Crippen LogP contribution < -0.4 is 10.1 Å². The van der Waals surface area contributed by atoms with Gasteiger partial charge in [-0.15, -0.1) is 0 Å². The lowest BCUT2D eigenvalue weighted by molar-refractivity contribution is -0.0597. The van der Waals surface area contributed by atoms with E-state index >= 15 is 0 Å². The molecule has 2 rings (SSSR count). The van der Waals surface area contributed by atoms with Gasteiger partial charge < -0.3 is 14.8 Å². The molecule has 100 valence electrons. The van der Waals surface area contributed by atoms with E-state index in [0.29, 0.717) is 0 Å². The number of methoxy groups -OCH3 is 1. The molecule has 1 fully saturated rings. The Kier molecular flexibility index (Phi) is 4.25. The van der Waals surface area contributed by atoms with E-state index in [0.717, 1.165) is 38.5 Å². The summed E-state index contributed by atoms with van der Waals surface area (Å²) in [4.78, 5) is 0. The molecule has 0 bridgehead atoms. The zero-order valence-corrected chi connectivity index (χ0v) is 11.6. The molecule has 0 amide bonds. The molecule has 0 atom stereocenters. The Hall–Kier alpha value is -1.06. The van der Waals surface area contributed by atoms with Crippen LogP contribution in [0, 0.1) is 0 Å². The molecule has 0 saturated carbocycles. The average Bonchev–Trinajstić information content (AvgIpc) is 2.37. The maximum atomic E-state index is 5.52. The van der Waals surface area contributed by atoms with Gasteiger partial charge in [0.1, 0.15) is 5.75 Å². The molecule has 1 aliphatic heterocycles. The van der Waals surface area contributed by atoms with E-state index in [2.05, 4.69) is 37.4 Å². The van der Waals surface area contributed by atoms with E-state index in [1.165, 1.54) is 11.1 Å². The van der Waals surface area contributed by atoms with Crippen LogP contribution >= 0.6 is 0 Å². The molecule has 0 radical (unpaired) electrons. The van der Waals surface area contributed by atoms with E-state index in [4.69, 9.17) is 9.47 Å². The first-order chi connectivity index (χ1) is 8.75. The van der Waals surface area contributed by atoms with Crippen molar-refractivity contribution in [3.05, 3.63) is 29.3 Å². The monoisotopic (exact) mass is 249 g/mol. The van der Waals surface area contributed by atoms with Crippen molar-refractivity contribution < 1.29 is 9.47 Å². The van der Waals surface area contributed by atoms with Crippen molar-refractivity contribution in [3.63, 3.8) is 0 Å². The Bertz CT molecular complexity index is 399. The zero-order chi connectivity index (χ0) is 13.0. The lowest BCUT2D eigenvalue weighted by Gasteiger charge is -2.43. The molecule has 0 aliphatic carbocycles. The number of benzene rings is 1. The molecular formula is C15H23NO2. The Morgan fingerprint density at radius 2 is 2.11 bits per heavy atom. The van der Waals surface area contributed by atoms with Crippen LogP contribution in [-0.2, 0) is 16.6 Å². The number of likely N-dealkylation sites (N-methyl/N-ethyl adjacent to an activating group) is 1. The topological polar surface area (TPSA) is 30.5 Å². The second-order valence-corrected chi connectivity index (χ2v) is 4.94. The van der Waals surface area contributed by atoms with Gasteiger partial charge in [0, 0.05) is 12.1 Å². The predicted octanol–water partition coefficient (Wildman–Crippen LogP) is 2.14. The second-order valence-electron chi connectivity index (χ2n) is 4.94. The highest BCUT2D eigenvalue weighted by Crippen LogP contribution is 2.38. The van der Waals surface area contributed by atoms with Crippen LogP contribution in [0.2, 0.25) is 0 Å². The number of rotatable bonds is 6. The number of nitrogens with one attached hydrogen (secondary N) is 1. The molecule has 1 saturated heterocycles. The lowest BCUT2D eigenvalue weighted by Crippen LogP contribution is -2.53. The van der Waals surface area contributed by atoms with Crippen LogP contribution in [0.1, 0.15) is 25.0 Å². The Labute approximate surface area is 109 Å². The van der Waals surface area contributed by atoms with Crippen LogP contribution in [0.3, 0.4) is 0 Å².